The van der Waals surface area contributed by atoms with E-state index in [9.17, 15) is 4.79 Å². The van der Waals surface area contributed by atoms with Gasteiger partial charge in [0.15, 0.2) is 0 Å². The Bertz CT molecular complexity index is 719. The van der Waals surface area contributed by atoms with Crippen molar-refractivity contribution < 1.29 is 4.79 Å². The molecule has 2 aromatic rings. The van der Waals surface area contributed by atoms with Gasteiger partial charge in [0, 0.05) is 38.9 Å². The number of piperazine rings is 1. The van der Waals surface area contributed by atoms with Gasteiger partial charge in [-0.3, -0.25) is 14.4 Å². The highest BCUT2D eigenvalue weighted by Crippen LogP contribution is 2.19. The molecule has 3 heterocycles. The topological polar surface area (TPSA) is 66.3 Å². The lowest BCUT2D eigenvalue weighted by Crippen LogP contribution is -2.48. The molecular formula is C18H26N6O. The number of carbonyl (C=O) groups excluding carboxylic acids is 1. The van der Waals surface area contributed by atoms with Crippen molar-refractivity contribution in [1.29, 1.82) is 0 Å². The summed E-state index contributed by atoms with van der Waals surface area (Å²) >= 11 is 0. The smallest absolute Gasteiger partial charge is 0.238 e. The summed E-state index contributed by atoms with van der Waals surface area (Å²) in [5.41, 5.74) is 2.72. The van der Waals surface area contributed by atoms with E-state index in [0.29, 0.717) is 6.54 Å². The molecule has 0 saturated carbocycles. The van der Waals surface area contributed by atoms with Gasteiger partial charge >= 0.3 is 0 Å². The van der Waals surface area contributed by atoms with E-state index in [-0.39, 0.29) is 5.91 Å². The Morgan fingerprint density at radius 1 is 1.20 bits per heavy atom. The van der Waals surface area contributed by atoms with Crippen LogP contribution in [0.5, 0.6) is 0 Å². The molecule has 1 fully saturated rings. The van der Waals surface area contributed by atoms with E-state index in [4.69, 9.17) is 0 Å². The van der Waals surface area contributed by atoms with Gasteiger partial charge in [0.1, 0.15) is 5.82 Å². The fraction of sp³-hybridized carbons (Fsp3) is 0.500. The van der Waals surface area contributed by atoms with Crippen molar-refractivity contribution >= 4 is 17.4 Å². The summed E-state index contributed by atoms with van der Waals surface area (Å²) in [5, 5.41) is 7.48. The van der Waals surface area contributed by atoms with Gasteiger partial charge in [-0.1, -0.05) is 6.07 Å². The number of nitrogens with zero attached hydrogens (tertiary/aromatic N) is 5. The standard InChI is InChI=1S/C18H26N6O/c1-4-24-15(3)18(14(2)21-24)20-17(25)13-22-9-11-23(12-10-22)16-7-5-6-8-19-16/h5-8H,4,9-13H2,1-3H3,(H,20,25). The summed E-state index contributed by atoms with van der Waals surface area (Å²) in [7, 11) is 0. The zero-order valence-electron chi connectivity index (χ0n) is 15.2. The Balaban J connectivity index is 1.52. The van der Waals surface area contributed by atoms with Gasteiger partial charge in [0.05, 0.1) is 23.6 Å². The molecule has 1 amide bonds. The molecule has 134 valence electrons. The SMILES string of the molecule is CCn1nc(C)c(NC(=O)CN2CCN(c3ccccn3)CC2)c1C. The number of anilines is 2. The lowest BCUT2D eigenvalue weighted by Gasteiger charge is -2.34. The fourth-order valence-electron chi connectivity index (χ4n) is 3.24. The minimum absolute atomic E-state index is 0.0214. The van der Waals surface area contributed by atoms with Gasteiger partial charge in [-0.05, 0) is 32.9 Å². The summed E-state index contributed by atoms with van der Waals surface area (Å²) in [6, 6.07) is 5.96. The second-order valence-corrected chi connectivity index (χ2v) is 6.36. The number of amides is 1. The highest BCUT2D eigenvalue weighted by molar-refractivity contribution is 5.93. The minimum Gasteiger partial charge on any atom is -0.354 e. The molecule has 0 bridgehead atoms. The Morgan fingerprint density at radius 3 is 2.56 bits per heavy atom. The van der Waals surface area contributed by atoms with Crippen LogP contribution in [0.4, 0.5) is 11.5 Å². The molecule has 7 nitrogen and oxygen atoms in total. The molecule has 0 unspecified atom stereocenters. The summed E-state index contributed by atoms with van der Waals surface area (Å²) in [5.74, 6) is 1.03. The van der Waals surface area contributed by atoms with Crippen LogP contribution >= 0.6 is 0 Å². The van der Waals surface area contributed by atoms with Gasteiger partial charge in [-0.25, -0.2) is 4.98 Å². The molecule has 2 aromatic heterocycles. The number of pyridine rings is 1. The number of rotatable bonds is 5. The van der Waals surface area contributed by atoms with Gasteiger partial charge in [0.2, 0.25) is 5.91 Å². The third-order valence-electron chi connectivity index (χ3n) is 4.66. The maximum atomic E-state index is 12.4. The Labute approximate surface area is 148 Å². The van der Waals surface area contributed by atoms with Crippen LogP contribution in [0.15, 0.2) is 24.4 Å². The molecule has 0 atom stereocenters. The normalized spacial score (nSPS) is 15.4. The van der Waals surface area contributed by atoms with Crippen molar-refractivity contribution in [2.75, 3.05) is 42.9 Å². The van der Waals surface area contributed by atoms with Crippen molar-refractivity contribution in [3.05, 3.63) is 35.8 Å². The quantitative estimate of drug-likeness (QED) is 0.895. The minimum atomic E-state index is 0.0214. The molecule has 1 aliphatic rings. The summed E-state index contributed by atoms with van der Waals surface area (Å²) < 4.78 is 1.91. The molecule has 0 spiro atoms. The molecule has 25 heavy (non-hydrogen) atoms. The number of aromatic nitrogens is 3. The van der Waals surface area contributed by atoms with Crippen molar-refractivity contribution in [2.45, 2.75) is 27.3 Å². The molecule has 0 radical (unpaired) electrons. The zero-order chi connectivity index (χ0) is 17.8. The zero-order valence-corrected chi connectivity index (χ0v) is 15.2. The third-order valence-corrected chi connectivity index (χ3v) is 4.66. The van der Waals surface area contributed by atoms with Gasteiger partial charge in [-0.2, -0.15) is 5.10 Å². The molecule has 1 N–H and O–H groups in total. The van der Waals surface area contributed by atoms with Gasteiger partial charge in [-0.15, -0.1) is 0 Å². The Morgan fingerprint density at radius 2 is 1.96 bits per heavy atom. The van der Waals surface area contributed by atoms with E-state index in [1.54, 1.807) is 0 Å². The molecule has 7 heteroatoms. The second-order valence-electron chi connectivity index (χ2n) is 6.36. The maximum Gasteiger partial charge on any atom is 0.238 e. The van der Waals surface area contributed by atoms with Gasteiger partial charge < -0.3 is 10.2 Å². The largest absolute Gasteiger partial charge is 0.354 e. The number of aryl methyl sites for hydroxylation is 2. The summed E-state index contributed by atoms with van der Waals surface area (Å²) in [6.45, 7) is 10.7. The predicted octanol–water partition coefficient (Wildman–Crippen LogP) is 1.68. The fourth-order valence-corrected chi connectivity index (χ4v) is 3.24. The molecule has 1 saturated heterocycles. The van der Waals surface area contributed by atoms with Crippen LogP contribution in [0.1, 0.15) is 18.3 Å². The lowest BCUT2D eigenvalue weighted by atomic mass is 10.3. The first-order chi connectivity index (χ1) is 12.1. The molecule has 3 rings (SSSR count). The van der Waals surface area contributed by atoms with Crippen LogP contribution in [0, 0.1) is 13.8 Å². The van der Waals surface area contributed by atoms with Crippen LogP contribution in [-0.4, -0.2) is 58.3 Å². The van der Waals surface area contributed by atoms with E-state index in [0.717, 1.165) is 55.6 Å². The van der Waals surface area contributed by atoms with Crippen molar-refractivity contribution in [3.8, 4) is 0 Å². The van der Waals surface area contributed by atoms with Crippen LogP contribution in [0.2, 0.25) is 0 Å². The molecule has 0 aromatic carbocycles. The average Bonchev–Trinajstić information content (AvgIpc) is 2.90. The first-order valence-corrected chi connectivity index (χ1v) is 8.80. The first-order valence-electron chi connectivity index (χ1n) is 8.80. The van der Waals surface area contributed by atoms with E-state index in [1.807, 2.05) is 49.8 Å². The second kappa shape index (κ2) is 7.65. The Hall–Kier alpha value is -2.41. The number of carbonyl (C=O) groups is 1. The highest BCUT2D eigenvalue weighted by atomic mass is 16.2. The van der Waals surface area contributed by atoms with Crippen molar-refractivity contribution in [2.24, 2.45) is 0 Å². The van der Waals surface area contributed by atoms with Gasteiger partial charge in [0.25, 0.3) is 0 Å². The van der Waals surface area contributed by atoms with Crippen molar-refractivity contribution in [3.63, 3.8) is 0 Å². The van der Waals surface area contributed by atoms with E-state index in [2.05, 4.69) is 25.2 Å². The number of hydrogen-bond donors (Lipinski definition) is 1. The molecule has 0 aliphatic carbocycles. The van der Waals surface area contributed by atoms with Crippen LogP contribution in [0.3, 0.4) is 0 Å². The molecular weight excluding hydrogens is 316 g/mol. The van der Waals surface area contributed by atoms with Crippen molar-refractivity contribution in [1.82, 2.24) is 19.7 Å². The highest BCUT2D eigenvalue weighted by Gasteiger charge is 2.21. The molecule has 1 aliphatic heterocycles. The Kier molecular flexibility index (Phi) is 5.33. The van der Waals surface area contributed by atoms with Crippen LogP contribution in [0.25, 0.3) is 0 Å². The summed E-state index contributed by atoms with van der Waals surface area (Å²) in [4.78, 5) is 21.3. The third kappa shape index (κ3) is 3.99. The lowest BCUT2D eigenvalue weighted by molar-refractivity contribution is -0.117. The van der Waals surface area contributed by atoms with E-state index >= 15 is 0 Å². The average molecular weight is 342 g/mol. The van der Waals surface area contributed by atoms with E-state index < -0.39 is 0 Å². The predicted molar refractivity (Wildman–Crippen MR) is 98.9 cm³/mol. The monoisotopic (exact) mass is 342 g/mol. The summed E-state index contributed by atoms with van der Waals surface area (Å²) in [6.07, 6.45) is 1.82. The number of hydrogen-bond acceptors (Lipinski definition) is 5. The number of nitrogens with one attached hydrogen (secondary N) is 1. The maximum absolute atomic E-state index is 12.4. The van der Waals surface area contributed by atoms with E-state index in [1.165, 1.54) is 0 Å². The first kappa shape index (κ1) is 17.4. The van der Waals surface area contributed by atoms with Crippen LogP contribution in [-0.2, 0) is 11.3 Å². The van der Waals surface area contributed by atoms with Crippen LogP contribution < -0.4 is 10.2 Å².